The monoisotopic (exact) mass is 586 g/mol. The van der Waals surface area contributed by atoms with E-state index >= 15 is 0 Å². The van der Waals surface area contributed by atoms with E-state index in [1.54, 1.807) is 30.3 Å². The maximum Gasteiger partial charge on any atom is 0.292 e. The highest BCUT2D eigenvalue weighted by molar-refractivity contribution is 6.42. The lowest BCUT2D eigenvalue weighted by atomic mass is 9.99. The Morgan fingerprint density at radius 1 is 1.05 bits per heavy atom. The summed E-state index contributed by atoms with van der Waals surface area (Å²) in [5, 5.41) is 20.2. The molecule has 2 heterocycles. The minimum atomic E-state index is -1.05. The van der Waals surface area contributed by atoms with Crippen molar-refractivity contribution >= 4 is 34.2 Å². The summed E-state index contributed by atoms with van der Waals surface area (Å²) < 4.78 is 7.68. The number of carbonyl (C=O) groups excluding carboxylic acids is 2. The highest BCUT2D eigenvalue weighted by Crippen LogP contribution is 2.34. The minimum absolute atomic E-state index is 0.203. The van der Waals surface area contributed by atoms with E-state index in [1.165, 1.54) is 0 Å². The first-order valence-electron chi connectivity index (χ1n) is 14.5. The van der Waals surface area contributed by atoms with E-state index in [9.17, 15) is 14.7 Å². The Labute approximate surface area is 250 Å². The SMILES string of the molecule is Cc1nn(C)c2cc(-c3ccc(C(=O)C(=O)NC(CN4CCCC4)C(O)c4ccc(OC5CC5)c(Cl)c4)cc3)ccc12. The molecule has 2 fully saturated rings. The van der Waals surface area contributed by atoms with Crippen molar-refractivity contribution in [2.75, 3.05) is 19.6 Å². The Morgan fingerprint density at radius 2 is 1.76 bits per heavy atom. The third kappa shape index (κ3) is 6.07. The summed E-state index contributed by atoms with van der Waals surface area (Å²) in [4.78, 5) is 28.6. The van der Waals surface area contributed by atoms with Crippen LogP contribution in [-0.2, 0) is 11.8 Å². The van der Waals surface area contributed by atoms with Crippen LogP contribution < -0.4 is 10.1 Å². The molecule has 1 aliphatic heterocycles. The number of aliphatic hydroxyl groups excluding tert-OH is 1. The fourth-order valence-electron chi connectivity index (χ4n) is 5.66. The number of halogens is 1. The van der Waals surface area contributed by atoms with E-state index in [0.29, 0.717) is 22.9 Å². The van der Waals surface area contributed by atoms with E-state index in [4.69, 9.17) is 16.3 Å². The summed E-state index contributed by atoms with van der Waals surface area (Å²) in [6.07, 6.45) is 3.31. The number of fused-ring (bicyclic) bond motifs is 1. The number of hydrogen-bond acceptors (Lipinski definition) is 6. The molecule has 9 heteroatoms. The number of likely N-dealkylation sites (tertiary alicyclic amines) is 1. The number of nitrogens with one attached hydrogen (secondary N) is 1. The molecular weight excluding hydrogens is 552 g/mol. The lowest BCUT2D eigenvalue weighted by molar-refractivity contribution is -0.118. The van der Waals surface area contributed by atoms with E-state index in [0.717, 1.165) is 66.5 Å². The van der Waals surface area contributed by atoms with Crippen molar-refractivity contribution in [3.63, 3.8) is 0 Å². The molecule has 218 valence electrons. The van der Waals surface area contributed by atoms with E-state index in [2.05, 4.69) is 21.4 Å². The van der Waals surface area contributed by atoms with Gasteiger partial charge in [0.25, 0.3) is 5.91 Å². The number of Topliss-reactive ketones (excluding diaryl/α,β-unsaturated/α-hetero) is 1. The third-order valence-corrected chi connectivity index (χ3v) is 8.48. The van der Waals surface area contributed by atoms with Gasteiger partial charge in [-0.2, -0.15) is 5.10 Å². The van der Waals surface area contributed by atoms with Gasteiger partial charge in [-0.3, -0.25) is 14.3 Å². The summed E-state index contributed by atoms with van der Waals surface area (Å²) >= 11 is 6.46. The van der Waals surface area contributed by atoms with Gasteiger partial charge >= 0.3 is 0 Å². The first-order valence-corrected chi connectivity index (χ1v) is 14.9. The molecule has 0 bridgehead atoms. The van der Waals surface area contributed by atoms with Crippen LogP contribution in [0, 0.1) is 6.92 Å². The van der Waals surface area contributed by atoms with Gasteiger partial charge in [-0.05, 0) is 80.6 Å². The second-order valence-corrected chi connectivity index (χ2v) is 11.8. The van der Waals surface area contributed by atoms with Crippen LogP contribution in [0.2, 0.25) is 5.02 Å². The molecule has 0 spiro atoms. The van der Waals surface area contributed by atoms with Crippen LogP contribution in [0.4, 0.5) is 0 Å². The molecule has 1 aliphatic carbocycles. The zero-order valence-corrected chi connectivity index (χ0v) is 24.6. The van der Waals surface area contributed by atoms with Crippen molar-refractivity contribution < 1.29 is 19.4 Å². The topological polar surface area (TPSA) is 96.7 Å². The first kappa shape index (κ1) is 28.4. The van der Waals surface area contributed by atoms with Gasteiger partial charge in [-0.15, -0.1) is 0 Å². The molecule has 42 heavy (non-hydrogen) atoms. The molecular formula is C33H35ClN4O4. The van der Waals surface area contributed by atoms with Crippen LogP contribution in [0.25, 0.3) is 22.0 Å². The Kier molecular flexibility index (Phi) is 8.03. The molecule has 0 radical (unpaired) electrons. The average molecular weight is 587 g/mol. The van der Waals surface area contributed by atoms with Crippen LogP contribution in [0.5, 0.6) is 5.75 Å². The number of ketones is 1. The number of aryl methyl sites for hydroxylation is 2. The Balaban J connectivity index is 1.17. The highest BCUT2D eigenvalue weighted by Gasteiger charge is 2.30. The molecule has 1 saturated heterocycles. The predicted octanol–water partition coefficient (Wildman–Crippen LogP) is 5.24. The van der Waals surface area contributed by atoms with Gasteiger partial charge in [-0.1, -0.05) is 54.1 Å². The lowest BCUT2D eigenvalue weighted by Gasteiger charge is -2.28. The van der Waals surface area contributed by atoms with Crippen molar-refractivity contribution in [3.05, 3.63) is 82.5 Å². The van der Waals surface area contributed by atoms with Crippen molar-refractivity contribution in [2.24, 2.45) is 7.05 Å². The maximum absolute atomic E-state index is 13.2. The molecule has 4 aromatic rings. The average Bonchev–Trinajstić information content (AvgIpc) is 3.58. The molecule has 3 aromatic carbocycles. The second-order valence-electron chi connectivity index (χ2n) is 11.4. The van der Waals surface area contributed by atoms with Crippen molar-refractivity contribution in [2.45, 2.75) is 50.9 Å². The quantitative estimate of drug-likeness (QED) is 0.195. The number of carbonyl (C=O) groups is 2. The number of rotatable bonds is 10. The van der Waals surface area contributed by atoms with E-state index in [1.807, 2.05) is 42.9 Å². The predicted molar refractivity (Wildman–Crippen MR) is 163 cm³/mol. The second kappa shape index (κ2) is 11.9. The summed E-state index contributed by atoms with van der Waals surface area (Å²) in [7, 11) is 1.92. The summed E-state index contributed by atoms with van der Waals surface area (Å²) in [5.74, 6) is -0.814. The molecule has 2 aliphatic rings. The molecule has 2 unspecified atom stereocenters. The zero-order chi connectivity index (χ0) is 29.4. The van der Waals surface area contributed by atoms with Gasteiger partial charge in [-0.25, -0.2) is 0 Å². The van der Waals surface area contributed by atoms with Gasteiger partial charge in [0.1, 0.15) is 11.9 Å². The molecule has 1 saturated carbocycles. The number of nitrogens with zero attached hydrogens (tertiary/aromatic N) is 3. The number of ether oxygens (including phenoxy) is 1. The van der Waals surface area contributed by atoms with Gasteiger partial charge in [0.2, 0.25) is 5.78 Å². The third-order valence-electron chi connectivity index (χ3n) is 8.19. The highest BCUT2D eigenvalue weighted by atomic mass is 35.5. The van der Waals surface area contributed by atoms with E-state index < -0.39 is 23.8 Å². The number of benzene rings is 3. The van der Waals surface area contributed by atoms with Gasteiger partial charge in [0, 0.05) is 24.5 Å². The minimum Gasteiger partial charge on any atom is -0.489 e. The van der Waals surface area contributed by atoms with Crippen LogP contribution >= 0.6 is 11.6 Å². The van der Waals surface area contributed by atoms with Gasteiger partial charge in [0.05, 0.1) is 28.4 Å². The van der Waals surface area contributed by atoms with Crippen LogP contribution in [0.1, 0.15) is 53.4 Å². The van der Waals surface area contributed by atoms with Crippen LogP contribution in [0.3, 0.4) is 0 Å². The maximum atomic E-state index is 13.2. The van der Waals surface area contributed by atoms with Gasteiger partial charge < -0.3 is 20.1 Å². The molecule has 1 aromatic heterocycles. The van der Waals surface area contributed by atoms with Crippen LogP contribution in [0.15, 0.2) is 60.7 Å². The smallest absolute Gasteiger partial charge is 0.292 e. The summed E-state index contributed by atoms with van der Waals surface area (Å²) in [6, 6.07) is 17.7. The molecule has 2 atom stereocenters. The van der Waals surface area contributed by atoms with Crippen molar-refractivity contribution in [1.29, 1.82) is 0 Å². The van der Waals surface area contributed by atoms with E-state index in [-0.39, 0.29) is 11.7 Å². The number of aliphatic hydroxyl groups is 1. The normalized spacial score (nSPS) is 16.9. The Hall–Kier alpha value is -3.72. The fourth-order valence-corrected chi connectivity index (χ4v) is 5.89. The fraction of sp³-hybridized carbons (Fsp3) is 0.364. The first-order chi connectivity index (χ1) is 20.3. The molecule has 8 nitrogen and oxygen atoms in total. The number of amides is 1. The Morgan fingerprint density at radius 3 is 2.45 bits per heavy atom. The number of hydrogen-bond donors (Lipinski definition) is 2. The standard InChI is InChI=1S/C33H35ClN4O4/c1-20-26-13-9-23(18-29(26)37(2)36-20)21-5-7-22(8-6-21)32(40)33(41)35-28(19-38-15-3-4-16-38)31(39)24-10-14-30(27(34)17-24)42-25-11-12-25/h5-10,13-14,17-18,25,28,31,39H,3-4,11-12,15-16,19H2,1-2H3,(H,35,41). The van der Waals surface area contributed by atoms with Gasteiger partial charge in [0.15, 0.2) is 0 Å². The Bertz CT molecular complexity index is 1620. The zero-order valence-electron chi connectivity index (χ0n) is 23.8. The lowest BCUT2D eigenvalue weighted by Crippen LogP contribution is -2.48. The summed E-state index contributed by atoms with van der Waals surface area (Å²) in [6.45, 7) is 4.17. The number of aromatic nitrogens is 2. The largest absolute Gasteiger partial charge is 0.489 e. The summed E-state index contributed by atoms with van der Waals surface area (Å²) in [5.41, 5.74) is 4.77. The molecule has 6 rings (SSSR count). The van der Waals surface area contributed by atoms with Crippen molar-refractivity contribution in [3.8, 4) is 16.9 Å². The molecule has 1 amide bonds. The molecule has 2 N–H and O–H groups in total. The van der Waals surface area contributed by atoms with Crippen LogP contribution in [-0.4, -0.2) is 63.3 Å². The van der Waals surface area contributed by atoms with Crippen molar-refractivity contribution in [1.82, 2.24) is 20.0 Å².